The molecular weight excluding hydrogens is 468 g/mol. The van der Waals surface area contributed by atoms with Crippen molar-refractivity contribution in [3.05, 3.63) is 121 Å². The van der Waals surface area contributed by atoms with E-state index in [1.165, 1.54) is 43.6 Å². The smallest absolute Gasteiger partial charge is 0.240 e. The van der Waals surface area contributed by atoms with Crippen LogP contribution in [0.15, 0.2) is 120 Å². The van der Waals surface area contributed by atoms with Gasteiger partial charge in [0.25, 0.3) is 0 Å². The molecule has 182 valence electrons. The maximum Gasteiger partial charge on any atom is 0.240 e. The van der Waals surface area contributed by atoms with E-state index in [-0.39, 0.29) is 6.23 Å². The Balaban J connectivity index is 1.48. The van der Waals surface area contributed by atoms with Gasteiger partial charge in [-0.1, -0.05) is 72.8 Å². The first-order valence-corrected chi connectivity index (χ1v) is 12.9. The van der Waals surface area contributed by atoms with Gasteiger partial charge in [0.15, 0.2) is 6.23 Å². The third-order valence-electron chi connectivity index (χ3n) is 7.46. The molecule has 0 saturated carbocycles. The maximum absolute atomic E-state index is 6.06. The summed E-state index contributed by atoms with van der Waals surface area (Å²) < 4.78 is 10.8. The standard InChI is InChI=1S/C33H24N4O/c1-21-34-35-33(38-21)22-18-23(36-29-14-6-2-10-25(29)26-11-3-7-15-30(26)36)20-24(19-22)37-31-16-8-4-12-27(31)28-13-5-9-17-32(28)37/h2-21,34H,1H3. The highest BCUT2D eigenvalue weighted by atomic mass is 16.5. The van der Waals surface area contributed by atoms with Gasteiger partial charge in [-0.2, -0.15) is 0 Å². The Morgan fingerprint density at radius 1 is 0.579 bits per heavy atom. The van der Waals surface area contributed by atoms with E-state index >= 15 is 0 Å². The summed E-state index contributed by atoms with van der Waals surface area (Å²) in [6.07, 6.45) is -0.168. The van der Waals surface area contributed by atoms with E-state index in [1.807, 2.05) is 6.92 Å². The van der Waals surface area contributed by atoms with Gasteiger partial charge in [0.2, 0.25) is 5.90 Å². The first kappa shape index (κ1) is 21.1. The van der Waals surface area contributed by atoms with Crippen LogP contribution in [0.2, 0.25) is 0 Å². The number of benzene rings is 5. The molecule has 5 heteroatoms. The molecule has 1 aliphatic heterocycles. The maximum atomic E-state index is 6.06. The molecule has 0 amide bonds. The lowest BCUT2D eigenvalue weighted by Crippen LogP contribution is -2.16. The Bertz CT molecular complexity index is 1820. The van der Waals surface area contributed by atoms with Crippen LogP contribution in [0.1, 0.15) is 12.5 Å². The lowest BCUT2D eigenvalue weighted by atomic mass is 10.1. The highest BCUT2D eigenvalue weighted by molar-refractivity contribution is 6.11. The molecule has 8 rings (SSSR count). The molecule has 0 bridgehead atoms. The topological polar surface area (TPSA) is 43.5 Å². The SMILES string of the molecule is CC1NN=C(c2cc(-n3c4ccccc4c4ccccc43)cc(-n3c4ccccc4c4ccccc43)c2)O1. The molecule has 38 heavy (non-hydrogen) atoms. The number of nitrogens with zero attached hydrogens (tertiary/aromatic N) is 3. The average molecular weight is 493 g/mol. The second-order valence-corrected chi connectivity index (χ2v) is 9.78. The molecule has 5 aromatic carbocycles. The molecule has 0 fully saturated rings. The summed E-state index contributed by atoms with van der Waals surface area (Å²) in [7, 11) is 0. The normalized spacial score (nSPS) is 15.3. The second-order valence-electron chi connectivity index (χ2n) is 9.78. The van der Waals surface area contributed by atoms with Crippen LogP contribution in [-0.2, 0) is 4.74 Å². The zero-order chi connectivity index (χ0) is 25.2. The summed E-state index contributed by atoms with van der Waals surface area (Å²) in [6.45, 7) is 1.96. The largest absolute Gasteiger partial charge is 0.451 e. The van der Waals surface area contributed by atoms with Crippen molar-refractivity contribution in [2.45, 2.75) is 13.2 Å². The predicted octanol–water partition coefficient (Wildman–Crippen LogP) is 7.51. The van der Waals surface area contributed by atoms with Crippen LogP contribution in [0.3, 0.4) is 0 Å². The van der Waals surface area contributed by atoms with Crippen LogP contribution >= 0.6 is 0 Å². The molecule has 0 saturated heterocycles. The van der Waals surface area contributed by atoms with E-state index in [2.05, 4.69) is 135 Å². The van der Waals surface area contributed by atoms with Crippen LogP contribution in [-0.4, -0.2) is 21.3 Å². The van der Waals surface area contributed by atoms with Gasteiger partial charge in [-0.15, -0.1) is 5.10 Å². The molecule has 0 radical (unpaired) electrons. The summed E-state index contributed by atoms with van der Waals surface area (Å²) in [5.41, 5.74) is 10.8. The number of fused-ring (bicyclic) bond motifs is 6. The summed E-state index contributed by atoms with van der Waals surface area (Å²) >= 11 is 0. The highest BCUT2D eigenvalue weighted by Gasteiger charge is 2.21. The Morgan fingerprint density at radius 2 is 0.974 bits per heavy atom. The van der Waals surface area contributed by atoms with E-state index in [1.54, 1.807) is 0 Å². The van der Waals surface area contributed by atoms with Crippen LogP contribution in [0.5, 0.6) is 0 Å². The van der Waals surface area contributed by atoms with Crippen LogP contribution in [0, 0.1) is 0 Å². The van der Waals surface area contributed by atoms with E-state index in [9.17, 15) is 0 Å². The van der Waals surface area contributed by atoms with Crippen molar-refractivity contribution in [1.29, 1.82) is 0 Å². The van der Waals surface area contributed by atoms with Crippen molar-refractivity contribution in [2.75, 3.05) is 0 Å². The summed E-state index contributed by atoms with van der Waals surface area (Å²) in [6, 6.07) is 41.0. The molecule has 1 unspecified atom stereocenters. The van der Waals surface area contributed by atoms with Gasteiger partial charge in [-0.05, 0) is 49.4 Å². The van der Waals surface area contributed by atoms with Gasteiger partial charge in [0, 0.05) is 38.5 Å². The number of ether oxygens (including phenoxy) is 1. The van der Waals surface area contributed by atoms with Crippen molar-refractivity contribution in [3.8, 4) is 11.4 Å². The molecule has 1 atom stereocenters. The molecule has 0 aliphatic carbocycles. The summed E-state index contributed by atoms with van der Waals surface area (Å²) in [4.78, 5) is 0. The third-order valence-corrected chi connectivity index (χ3v) is 7.46. The molecule has 3 heterocycles. The van der Waals surface area contributed by atoms with Gasteiger partial charge in [-0.25, -0.2) is 0 Å². The fourth-order valence-electron chi connectivity index (χ4n) is 5.88. The molecular formula is C33H24N4O. The number of hydrazone groups is 1. The van der Waals surface area contributed by atoms with Crippen molar-refractivity contribution < 1.29 is 4.74 Å². The van der Waals surface area contributed by atoms with Gasteiger partial charge < -0.3 is 13.9 Å². The first-order chi connectivity index (χ1) is 18.8. The monoisotopic (exact) mass is 492 g/mol. The molecule has 0 spiro atoms. The van der Waals surface area contributed by atoms with Gasteiger partial charge >= 0.3 is 0 Å². The predicted molar refractivity (Wildman–Crippen MR) is 155 cm³/mol. The van der Waals surface area contributed by atoms with Crippen LogP contribution in [0.25, 0.3) is 55.0 Å². The first-order valence-electron chi connectivity index (χ1n) is 12.9. The Labute approximate surface area is 219 Å². The number of aromatic nitrogens is 2. The van der Waals surface area contributed by atoms with E-state index in [4.69, 9.17) is 4.74 Å². The lowest BCUT2D eigenvalue weighted by Gasteiger charge is -2.15. The van der Waals surface area contributed by atoms with Crippen LogP contribution in [0.4, 0.5) is 0 Å². The zero-order valence-electron chi connectivity index (χ0n) is 20.8. The second kappa shape index (κ2) is 7.98. The fraction of sp³-hybridized carbons (Fsp3) is 0.0606. The number of hydrogen-bond acceptors (Lipinski definition) is 3. The van der Waals surface area contributed by atoms with E-state index in [0.717, 1.165) is 16.9 Å². The van der Waals surface area contributed by atoms with Crippen molar-refractivity contribution in [1.82, 2.24) is 14.6 Å². The summed E-state index contributed by atoms with van der Waals surface area (Å²) in [5, 5.41) is 9.44. The van der Waals surface area contributed by atoms with Gasteiger partial charge in [0.05, 0.1) is 22.1 Å². The minimum absolute atomic E-state index is 0.168. The Hall–Kier alpha value is -5.03. The van der Waals surface area contributed by atoms with Crippen molar-refractivity contribution in [2.24, 2.45) is 5.10 Å². The molecule has 2 aromatic heterocycles. The van der Waals surface area contributed by atoms with Crippen LogP contribution < -0.4 is 5.43 Å². The third kappa shape index (κ3) is 3.02. The van der Waals surface area contributed by atoms with E-state index < -0.39 is 0 Å². The fourth-order valence-corrected chi connectivity index (χ4v) is 5.88. The minimum Gasteiger partial charge on any atom is -0.451 e. The molecule has 1 aliphatic rings. The Morgan fingerprint density at radius 3 is 1.34 bits per heavy atom. The number of nitrogens with one attached hydrogen (secondary N) is 1. The lowest BCUT2D eigenvalue weighted by molar-refractivity contribution is 0.209. The number of para-hydroxylation sites is 4. The number of rotatable bonds is 3. The van der Waals surface area contributed by atoms with Crippen molar-refractivity contribution in [3.63, 3.8) is 0 Å². The summed E-state index contributed by atoms with van der Waals surface area (Å²) in [5.74, 6) is 0.599. The van der Waals surface area contributed by atoms with E-state index in [0.29, 0.717) is 5.90 Å². The average Bonchev–Trinajstić information content (AvgIpc) is 3.65. The quantitative estimate of drug-likeness (QED) is 0.277. The van der Waals surface area contributed by atoms with Gasteiger partial charge in [-0.3, -0.25) is 5.43 Å². The number of hydrogen-bond donors (Lipinski definition) is 1. The van der Waals surface area contributed by atoms with Gasteiger partial charge in [0.1, 0.15) is 0 Å². The molecule has 7 aromatic rings. The molecule has 5 nitrogen and oxygen atoms in total. The zero-order valence-corrected chi connectivity index (χ0v) is 20.8. The minimum atomic E-state index is -0.168. The Kier molecular flexibility index (Phi) is 4.43. The van der Waals surface area contributed by atoms with Crippen molar-refractivity contribution >= 4 is 49.5 Å². The highest BCUT2D eigenvalue weighted by Crippen LogP contribution is 2.36. The molecule has 1 N–H and O–H groups in total.